The van der Waals surface area contributed by atoms with E-state index in [-0.39, 0.29) is 5.75 Å². The van der Waals surface area contributed by atoms with E-state index in [0.717, 1.165) is 29.6 Å². The molecule has 1 aromatic rings. The lowest BCUT2D eigenvalue weighted by molar-refractivity contribution is 0.284. The Morgan fingerprint density at radius 3 is 2.65 bits per heavy atom. The van der Waals surface area contributed by atoms with Gasteiger partial charge in [-0.15, -0.1) is 0 Å². The summed E-state index contributed by atoms with van der Waals surface area (Å²) < 4.78 is 0. The number of likely N-dealkylation sites (tertiary alicyclic amines) is 1. The minimum atomic E-state index is 0.102. The molecule has 0 unspecified atom stereocenters. The van der Waals surface area contributed by atoms with E-state index < -0.39 is 0 Å². The highest BCUT2D eigenvalue weighted by atomic mass is 35.5. The number of aromatic hydroxyl groups is 1. The zero-order chi connectivity index (χ0) is 12.4. The van der Waals surface area contributed by atoms with Crippen molar-refractivity contribution in [2.24, 2.45) is 5.92 Å². The Labute approximate surface area is 112 Å². The topological polar surface area (TPSA) is 23.5 Å². The number of piperidine rings is 1. The van der Waals surface area contributed by atoms with Crippen molar-refractivity contribution in [2.75, 3.05) is 13.1 Å². The highest BCUT2D eigenvalue weighted by Gasteiger charge is 2.19. The monoisotopic (exact) mass is 269 g/mol. The lowest BCUT2D eigenvalue weighted by Gasteiger charge is -2.32. The second-order valence-corrected chi connectivity index (χ2v) is 5.43. The molecule has 1 N–H and O–H groups in total. The van der Waals surface area contributed by atoms with Gasteiger partial charge >= 0.3 is 0 Å². The number of hydrogen-bond donors (Lipinski definition) is 1. The predicted molar refractivity (Wildman–Crippen MR) is 74.8 cm³/mol. The molecule has 0 aliphatic carbocycles. The summed E-state index contributed by atoms with van der Waals surface area (Å²) in [6, 6.07) is 5.15. The summed E-state index contributed by atoms with van der Waals surface area (Å²) in [5, 5.41) is 9.74. The van der Waals surface area contributed by atoms with Gasteiger partial charge in [0.05, 0.1) is 5.02 Å². The first-order chi connectivity index (χ1) is 8.08. The Hall–Kier alpha value is -0.800. The smallest absolute Gasteiger partial charge is 0.134 e. The second kappa shape index (κ2) is 5.23. The van der Waals surface area contributed by atoms with Gasteiger partial charge in [-0.05, 0) is 37.0 Å². The lowest BCUT2D eigenvalue weighted by Crippen LogP contribution is -2.37. The van der Waals surface area contributed by atoms with Crippen LogP contribution in [0.4, 0.5) is 0 Å². The average molecular weight is 270 g/mol. The molecule has 0 atom stereocenters. The molecule has 92 valence electrons. The minimum Gasteiger partial charge on any atom is -0.506 e. The number of phenols is 1. The van der Waals surface area contributed by atoms with Gasteiger partial charge in [0.15, 0.2) is 0 Å². The summed E-state index contributed by atoms with van der Waals surface area (Å²) in [7, 11) is 0. The Morgan fingerprint density at radius 1 is 1.41 bits per heavy atom. The maximum absolute atomic E-state index is 9.38. The van der Waals surface area contributed by atoms with Crippen LogP contribution in [0.25, 0.3) is 0 Å². The van der Waals surface area contributed by atoms with E-state index in [1.165, 1.54) is 12.8 Å². The van der Waals surface area contributed by atoms with Crippen molar-refractivity contribution < 1.29 is 5.11 Å². The molecule has 0 radical (unpaired) electrons. The SMILES string of the molecule is CC1CCN(C(=S)c2ccc(O)c(Cl)c2)CC1. The van der Waals surface area contributed by atoms with Crippen LogP contribution in [0.1, 0.15) is 25.3 Å². The van der Waals surface area contributed by atoms with E-state index in [9.17, 15) is 5.11 Å². The van der Waals surface area contributed by atoms with E-state index in [2.05, 4.69) is 11.8 Å². The number of rotatable bonds is 1. The fourth-order valence-electron chi connectivity index (χ4n) is 2.03. The molecular weight excluding hydrogens is 254 g/mol. The molecule has 0 saturated carbocycles. The van der Waals surface area contributed by atoms with Crippen LogP contribution in [0.5, 0.6) is 5.75 Å². The van der Waals surface area contributed by atoms with Gasteiger partial charge in [0, 0.05) is 18.7 Å². The highest BCUT2D eigenvalue weighted by Crippen LogP contribution is 2.25. The van der Waals surface area contributed by atoms with Gasteiger partial charge in [-0.25, -0.2) is 0 Å². The largest absolute Gasteiger partial charge is 0.506 e. The van der Waals surface area contributed by atoms with Gasteiger partial charge in [-0.3, -0.25) is 0 Å². The van der Waals surface area contributed by atoms with Crippen molar-refractivity contribution in [3.05, 3.63) is 28.8 Å². The van der Waals surface area contributed by atoms with E-state index >= 15 is 0 Å². The van der Waals surface area contributed by atoms with Crippen LogP contribution in [0.15, 0.2) is 18.2 Å². The van der Waals surface area contributed by atoms with Gasteiger partial charge in [0.2, 0.25) is 0 Å². The average Bonchev–Trinajstić information content (AvgIpc) is 2.33. The molecule has 1 aromatic carbocycles. The van der Waals surface area contributed by atoms with Gasteiger partial charge in [-0.1, -0.05) is 30.7 Å². The number of benzene rings is 1. The van der Waals surface area contributed by atoms with Crippen LogP contribution >= 0.6 is 23.8 Å². The van der Waals surface area contributed by atoms with Crippen LogP contribution < -0.4 is 0 Å². The number of hydrogen-bond acceptors (Lipinski definition) is 2. The second-order valence-electron chi connectivity index (χ2n) is 4.64. The van der Waals surface area contributed by atoms with E-state index in [0.29, 0.717) is 5.02 Å². The summed E-state index contributed by atoms with van der Waals surface area (Å²) in [6.45, 7) is 4.30. The highest BCUT2D eigenvalue weighted by molar-refractivity contribution is 7.80. The molecule has 0 spiro atoms. The third kappa shape index (κ3) is 2.90. The third-order valence-electron chi connectivity index (χ3n) is 3.27. The molecule has 0 bridgehead atoms. The summed E-state index contributed by atoms with van der Waals surface area (Å²) in [4.78, 5) is 3.05. The maximum Gasteiger partial charge on any atom is 0.134 e. The maximum atomic E-state index is 9.38. The van der Waals surface area contributed by atoms with Crippen molar-refractivity contribution >= 4 is 28.8 Å². The summed E-state index contributed by atoms with van der Waals surface area (Å²) in [6.07, 6.45) is 2.37. The molecule has 1 fully saturated rings. The molecule has 2 rings (SSSR count). The number of halogens is 1. The molecule has 2 nitrogen and oxygen atoms in total. The Kier molecular flexibility index (Phi) is 3.89. The summed E-state index contributed by atoms with van der Waals surface area (Å²) in [5.74, 6) is 0.892. The first-order valence-corrected chi connectivity index (χ1v) is 6.64. The summed E-state index contributed by atoms with van der Waals surface area (Å²) in [5.41, 5.74) is 0.914. The summed E-state index contributed by atoms with van der Waals surface area (Å²) >= 11 is 11.4. The van der Waals surface area contributed by atoms with Crippen molar-refractivity contribution in [1.29, 1.82) is 0 Å². The van der Waals surface area contributed by atoms with Crippen LogP contribution in [-0.2, 0) is 0 Å². The van der Waals surface area contributed by atoms with Crippen LogP contribution in [0, 0.1) is 5.92 Å². The van der Waals surface area contributed by atoms with E-state index in [1.807, 2.05) is 6.07 Å². The van der Waals surface area contributed by atoms with Crippen molar-refractivity contribution in [2.45, 2.75) is 19.8 Å². The van der Waals surface area contributed by atoms with Crippen molar-refractivity contribution in [1.82, 2.24) is 4.90 Å². The molecular formula is C13H16ClNOS. The Morgan fingerprint density at radius 2 is 2.06 bits per heavy atom. The number of phenolic OH excluding ortho intramolecular Hbond substituents is 1. The van der Waals surface area contributed by atoms with Crippen LogP contribution in [-0.4, -0.2) is 28.1 Å². The standard InChI is InChI=1S/C13H16ClNOS/c1-9-4-6-15(7-5-9)13(17)10-2-3-12(16)11(14)8-10/h2-3,8-9,16H,4-7H2,1H3. The fraction of sp³-hybridized carbons (Fsp3) is 0.462. The zero-order valence-corrected chi connectivity index (χ0v) is 11.4. The van der Waals surface area contributed by atoms with Crippen molar-refractivity contribution in [3.63, 3.8) is 0 Å². The first-order valence-electron chi connectivity index (χ1n) is 5.85. The fourth-order valence-corrected chi connectivity index (χ4v) is 2.52. The molecule has 1 aliphatic rings. The van der Waals surface area contributed by atoms with Gasteiger partial charge in [0.25, 0.3) is 0 Å². The van der Waals surface area contributed by atoms with Gasteiger partial charge in [0.1, 0.15) is 10.7 Å². The quantitative estimate of drug-likeness (QED) is 0.790. The Balaban J connectivity index is 2.11. The Bertz CT molecular complexity index is 427. The van der Waals surface area contributed by atoms with Crippen LogP contribution in [0.2, 0.25) is 5.02 Å². The first kappa shape index (κ1) is 12.7. The number of nitrogens with zero attached hydrogens (tertiary/aromatic N) is 1. The third-order valence-corrected chi connectivity index (χ3v) is 4.06. The molecule has 1 saturated heterocycles. The molecule has 1 aliphatic heterocycles. The van der Waals surface area contributed by atoms with Gasteiger partial charge in [-0.2, -0.15) is 0 Å². The molecule has 17 heavy (non-hydrogen) atoms. The van der Waals surface area contributed by atoms with Crippen LogP contribution in [0.3, 0.4) is 0 Å². The van der Waals surface area contributed by atoms with Crippen molar-refractivity contribution in [3.8, 4) is 5.75 Å². The lowest BCUT2D eigenvalue weighted by atomic mass is 9.99. The normalized spacial score (nSPS) is 17.2. The molecule has 4 heteroatoms. The zero-order valence-electron chi connectivity index (χ0n) is 9.82. The predicted octanol–water partition coefficient (Wildman–Crippen LogP) is 3.45. The minimum absolute atomic E-state index is 0.102. The molecule has 0 amide bonds. The number of thiocarbonyl (C=S) groups is 1. The van der Waals surface area contributed by atoms with Gasteiger partial charge < -0.3 is 10.0 Å². The molecule has 0 aromatic heterocycles. The van der Waals surface area contributed by atoms with E-state index in [4.69, 9.17) is 23.8 Å². The van der Waals surface area contributed by atoms with E-state index in [1.54, 1.807) is 12.1 Å². The molecule has 1 heterocycles.